The van der Waals surface area contributed by atoms with Gasteiger partial charge in [0.1, 0.15) is 11.4 Å². The number of alkyl halides is 3. The summed E-state index contributed by atoms with van der Waals surface area (Å²) in [7, 11) is 0. The quantitative estimate of drug-likeness (QED) is 0.398. The number of carbonyl (C=O) groups is 1. The van der Waals surface area contributed by atoms with Crippen molar-refractivity contribution in [2.75, 3.05) is 0 Å². The van der Waals surface area contributed by atoms with Gasteiger partial charge < -0.3 is 14.2 Å². The molecule has 1 fully saturated rings. The first-order valence-electron chi connectivity index (χ1n) is 9.69. The lowest BCUT2D eigenvalue weighted by molar-refractivity contribution is -0.275. The molecule has 1 aliphatic rings. The molecular formula is C21H29F3O4. The fraction of sp³-hybridized carbons (Fsp3) is 0.667. The lowest BCUT2D eigenvalue weighted by Gasteiger charge is -2.35. The number of hydrogen-bond acceptors (Lipinski definition) is 4. The van der Waals surface area contributed by atoms with E-state index in [2.05, 4.69) is 4.74 Å². The predicted molar refractivity (Wildman–Crippen MR) is 99.5 cm³/mol. The Morgan fingerprint density at radius 2 is 1.75 bits per heavy atom. The van der Waals surface area contributed by atoms with Crippen LogP contribution in [0.1, 0.15) is 66.7 Å². The fourth-order valence-electron chi connectivity index (χ4n) is 3.22. The highest BCUT2D eigenvalue weighted by Crippen LogP contribution is 2.44. The summed E-state index contributed by atoms with van der Waals surface area (Å²) in [6.45, 7) is 9.34. The Morgan fingerprint density at radius 3 is 2.25 bits per heavy atom. The summed E-state index contributed by atoms with van der Waals surface area (Å²) in [6.07, 6.45) is -0.867. The van der Waals surface area contributed by atoms with Gasteiger partial charge in [-0.05, 0) is 64.0 Å². The molecule has 0 atom stereocenters. The van der Waals surface area contributed by atoms with Gasteiger partial charge in [-0.1, -0.05) is 20.8 Å². The third-order valence-corrected chi connectivity index (χ3v) is 5.60. The molecule has 1 aromatic carbocycles. The number of rotatable bonds is 7. The van der Waals surface area contributed by atoms with Crippen molar-refractivity contribution in [2.45, 2.75) is 78.7 Å². The number of benzene rings is 1. The average Bonchev–Trinajstić information content (AvgIpc) is 3.06. The van der Waals surface area contributed by atoms with Crippen LogP contribution in [0.5, 0.6) is 17.2 Å². The van der Waals surface area contributed by atoms with Gasteiger partial charge in [-0.15, -0.1) is 13.2 Å². The highest BCUT2D eigenvalue weighted by molar-refractivity contribution is 5.78. The molecule has 1 saturated carbocycles. The standard InChI is InChI=1S/C21H29F3O4/c1-6-19(4,5)18(25)26-15-9-10-16(28-21(22,23)24)17(13-15)27-20(14(2)3)11-7-8-12-20/h9-10,13-14H,6-8,11-12H2,1-5H3. The summed E-state index contributed by atoms with van der Waals surface area (Å²) in [5.74, 6) is -0.710. The largest absolute Gasteiger partial charge is 0.573 e. The number of esters is 1. The van der Waals surface area contributed by atoms with Crippen LogP contribution in [-0.2, 0) is 4.79 Å². The van der Waals surface area contributed by atoms with Crippen molar-refractivity contribution < 1.29 is 32.2 Å². The normalized spacial score (nSPS) is 16.9. The van der Waals surface area contributed by atoms with Gasteiger partial charge in [-0.2, -0.15) is 0 Å². The van der Waals surface area contributed by atoms with Gasteiger partial charge in [0.25, 0.3) is 0 Å². The summed E-state index contributed by atoms with van der Waals surface area (Å²) < 4.78 is 54.2. The van der Waals surface area contributed by atoms with Crippen molar-refractivity contribution in [1.29, 1.82) is 0 Å². The molecule has 4 nitrogen and oxygen atoms in total. The summed E-state index contributed by atoms with van der Waals surface area (Å²) in [6, 6.07) is 3.73. The van der Waals surface area contributed by atoms with Gasteiger partial charge in [0, 0.05) is 6.07 Å². The van der Waals surface area contributed by atoms with Crippen molar-refractivity contribution in [3.05, 3.63) is 18.2 Å². The minimum absolute atomic E-state index is 0.0625. The molecule has 0 aromatic heterocycles. The van der Waals surface area contributed by atoms with E-state index >= 15 is 0 Å². The summed E-state index contributed by atoms with van der Waals surface area (Å²) >= 11 is 0. The number of halogens is 3. The van der Waals surface area contributed by atoms with E-state index in [1.54, 1.807) is 13.8 Å². The minimum atomic E-state index is -4.85. The lowest BCUT2D eigenvalue weighted by atomic mass is 9.88. The van der Waals surface area contributed by atoms with Crippen LogP contribution in [0.2, 0.25) is 0 Å². The topological polar surface area (TPSA) is 44.8 Å². The first kappa shape index (κ1) is 22.4. The SMILES string of the molecule is CCC(C)(C)C(=O)Oc1ccc(OC(F)(F)F)c(OC2(C(C)C)CCCC2)c1. The van der Waals surface area contributed by atoms with Crippen molar-refractivity contribution in [2.24, 2.45) is 11.3 Å². The zero-order chi connectivity index (χ0) is 21.2. The van der Waals surface area contributed by atoms with Gasteiger partial charge >= 0.3 is 12.3 Å². The molecule has 0 spiro atoms. The van der Waals surface area contributed by atoms with Crippen molar-refractivity contribution in [1.82, 2.24) is 0 Å². The van der Waals surface area contributed by atoms with E-state index in [4.69, 9.17) is 9.47 Å². The molecule has 28 heavy (non-hydrogen) atoms. The van der Waals surface area contributed by atoms with E-state index in [0.717, 1.165) is 31.7 Å². The number of hydrogen-bond donors (Lipinski definition) is 0. The smallest absolute Gasteiger partial charge is 0.483 e. The molecule has 0 N–H and O–H groups in total. The van der Waals surface area contributed by atoms with E-state index in [0.29, 0.717) is 6.42 Å². The molecule has 2 rings (SSSR count). The zero-order valence-corrected chi connectivity index (χ0v) is 17.1. The van der Waals surface area contributed by atoms with Gasteiger partial charge in [0.2, 0.25) is 0 Å². The second kappa shape index (κ2) is 8.21. The Kier molecular flexibility index (Phi) is 6.56. The van der Waals surface area contributed by atoms with Crippen LogP contribution in [0.15, 0.2) is 18.2 Å². The molecule has 1 aromatic rings. The first-order valence-corrected chi connectivity index (χ1v) is 9.69. The molecular weight excluding hydrogens is 373 g/mol. The molecule has 0 heterocycles. The average molecular weight is 402 g/mol. The molecule has 0 aliphatic heterocycles. The maximum absolute atomic E-state index is 12.8. The van der Waals surface area contributed by atoms with E-state index in [1.807, 2.05) is 20.8 Å². The van der Waals surface area contributed by atoms with E-state index in [-0.39, 0.29) is 17.4 Å². The third-order valence-electron chi connectivity index (χ3n) is 5.60. The Hall–Kier alpha value is -1.92. The van der Waals surface area contributed by atoms with Crippen molar-refractivity contribution in [3.63, 3.8) is 0 Å². The Labute approximate surface area is 164 Å². The molecule has 1 aliphatic carbocycles. The van der Waals surface area contributed by atoms with Gasteiger partial charge in [-0.25, -0.2) is 0 Å². The Bertz CT molecular complexity index is 689. The van der Waals surface area contributed by atoms with Crippen LogP contribution < -0.4 is 14.2 Å². The second-order valence-electron chi connectivity index (χ2n) is 8.31. The number of carbonyl (C=O) groups excluding carboxylic acids is 1. The monoisotopic (exact) mass is 402 g/mol. The van der Waals surface area contributed by atoms with Crippen LogP contribution >= 0.6 is 0 Å². The predicted octanol–water partition coefficient (Wildman–Crippen LogP) is 6.27. The van der Waals surface area contributed by atoms with Gasteiger partial charge in [-0.3, -0.25) is 4.79 Å². The second-order valence-corrected chi connectivity index (χ2v) is 8.31. The van der Waals surface area contributed by atoms with E-state index in [9.17, 15) is 18.0 Å². The van der Waals surface area contributed by atoms with E-state index < -0.39 is 29.1 Å². The van der Waals surface area contributed by atoms with Crippen molar-refractivity contribution >= 4 is 5.97 Å². The van der Waals surface area contributed by atoms with Crippen LogP contribution in [-0.4, -0.2) is 17.9 Å². The lowest BCUT2D eigenvalue weighted by Crippen LogP contribution is -2.38. The van der Waals surface area contributed by atoms with Crippen LogP contribution in [0.25, 0.3) is 0 Å². The highest BCUT2D eigenvalue weighted by Gasteiger charge is 2.41. The van der Waals surface area contributed by atoms with Gasteiger partial charge in [0.15, 0.2) is 11.5 Å². The first-order chi connectivity index (χ1) is 12.9. The summed E-state index contributed by atoms with van der Waals surface area (Å²) in [5.41, 5.74) is -1.26. The number of ether oxygens (including phenoxy) is 3. The Morgan fingerprint density at radius 1 is 1.14 bits per heavy atom. The molecule has 0 saturated heterocycles. The van der Waals surface area contributed by atoms with E-state index in [1.165, 1.54) is 12.1 Å². The zero-order valence-electron chi connectivity index (χ0n) is 17.1. The van der Waals surface area contributed by atoms with Crippen molar-refractivity contribution in [3.8, 4) is 17.2 Å². The maximum Gasteiger partial charge on any atom is 0.573 e. The van der Waals surface area contributed by atoms with Gasteiger partial charge in [0.05, 0.1) is 5.41 Å². The molecule has 7 heteroatoms. The molecule has 0 radical (unpaired) electrons. The maximum atomic E-state index is 12.8. The molecule has 0 unspecified atom stereocenters. The summed E-state index contributed by atoms with van der Waals surface area (Å²) in [5, 5.41) is 0. The molecule has 0 amide bonds. The fourth-order valence-corrected chi connectivity index (χ4v) is 3.22. The minimum Gasteiger partial charge on any atom is -0.483 e. The van der Waals surface area contributed by atoms with Crippen LogP contribution in [0.3, 0.4) is 0 Å². The third kappa shape index (κ3) is 5.32. The van der Waals surface area contributed by atoms with Crippen LogP contribution in [0.4, 0.5) is 13.2 Å². The molecule has 158 valence electrons. The molecule has 0 bridgehead atoms. The summed E-state index contributed by atoms with van der Waals surface area (Å²) in [4.78, 5) is 12.3. The highest BCUT2D eigenvalue weighted by atomic mass is 19.4. The Balaban J connectivity index is 2.37. The van der Waals surface area contributed by atoms with Crippen LogP contribution in [0, 0.1) is 11.3 Å².